The van der Waals surface area contributed by atoms with Gasteiger partial charge in [0.2, 0.25) is 0 Å². The van der Waals surface area contributed by atoms with Gasteiger partial charge in [-0.25, -0.2) is 4.98 Å². The minimum atomic E-state index is 0.0662. The number of unbranched alkanes of at least 4 members (excludes halogenated alkanes) is 3. The van der Waals surface area contributed by atoms with E-state index in [1.807, 2.05) is 24.3 Å². The van der Waals surface area contributed by atoms with Gasteiger partial charge in [0.1, 0.15) is 0 Å². The summed E-state index contributed by atoms with van der Waals surface area (Å²) in [5, 5.41) is 0. The SMILES string of the molecule is CSCCCCCCn1cncc1C(N)C1CCOC1. The van der Waals surface area contributed by atoms with Gasteiger partial charge in [0.05, 0.1) is 24.7 Å². The summed E-state index contributed by atoms with van der Waals surface area (Å²) in [6.45, 7) is 2.68. The number of rotatable bonds is 9. The molecule has 0 radical (unpaired) electrons. The van der Waals surface area contributed by atoms with E-state index in [9.17, 15) is 0 Å². The maximum atomic E-state index is 6.37. The molecule has 0 bridgehead atoms. The summed E-state index contributed by atoms with van der Waals surface area (Å²) in [5.41, 5.74) is 7.54. The first kappa shape index (κ1) is 15.9. The first-order valence-electron chi connectivity index (χ1n) is 7.65. The van der Waals surface area contributed by atoms with Crippen molar-refractivity contribution in [3.8, 4) is 0 Å². The van der Waals surface area contributed by atoms with Crippen LogP contribution in [0.3, 0.4) is 0 Å². The third kappa shape index (κ3) is 4.50. The van der Waals surface area contributed by atoms with Crippen molar-refractivity contribution in [3.63, 3.8) is 0 Å². The summed E-state index contributed by atoms with van der Waals surface area (Å²) in [5.74, 6) is 1.73. The minimum Gasteiger partial charge on any atom is -0.381 e. The Hall–Kier alpha value is -0.520. The van der Waals surface area contributed by atoms with Crippen LogP contribution >= 0.6 is 11.8 Å². The van der Waals surface area contributed by atoms with Gasteiger partial charge in [0.25, 0.3) is 0 Å². The number of hydrogen-bond donors (Lipinski definition) is 1. The fourth-order valence-corrected chi connectivity index (χ4v) is 3.25. The topological polar surface area (TPSA) is 53.1 Å². The fourth-order valence-electron chi connectivity index (χ4n) is 2.75. The fraction of sp³-hybridized carbons (Fsp3) is 0.800. The van der Waals surface area contributed by atoms with E-state index in [0.717, 1.165) is 26.2 Å². The van der Waals surface area contributed by atoms with E-state index in [0.29, 0.717) is 5.92 Å². The molecule has 0 saturated carbocycles. The maximum absolute atomic E-state index is 6.37. The Morgan fingerprint density at radius 3 is 3.05 bits per heavy atom. The van der Waals surface area contributed by atoms with Crippen LogP contribution in [0.15, 0.2) is 12.5 Å². The first-order chi connectivity index (χ1) is 9.83. The number of nitrogens with two attached hydrogens (primary N) is 1. The van der Waals surface area contributed by atoms with Gasteiger partial charge >= 0.3 is 0 Å². The zero-order valence-electron chi connectivity index (χ0n) is 12.5. The molecule has 2 unspecified atom stereocenters. The molecule has 1 aromatic rings. The molecule has 2 atom stereocenters. The van der Waals surface area contributed by atoms with Gasteiger partial charge in [-0.1, -0.05) is 12.8 Å². The highest BCUT2D eigenvalue weighted by Crippen LogP contribution is 2.26. The smallest absolute Gasteiger partial charge is 0.0948 e. The number of imidazole rings is 1. The zero-order chi connectivity index (χ0) is 14.2. The summed E-state index contributed by atoms with van der Waals surface area (Å²) >= 11 is 1.93. The van der Waals surface area contributed by atoms with Crippen molar-refractivity contribution in [2.24, 2.45) is 11.7 Å². The Balaban J connectivity index is 1.76. The molecule has 5 heteroatoms. The van der Waals surface area contributed by atoms with Crippen molar-refractivity contribution in [2.75, 3.05) is 25.2 Å². The molecule has 0 spiro atoms. The van der Waals surface area contributed by atoms with E-state index in [2.05, 4.69) is 15.8 Å². The molecule has 1 aromatic heterocycles. The monoisotopic (exact) mass is 297 g/mol. The van der Waals surface area contributed by atoms with Crippen molar-refractivity contribution in [1.82, 2.24) is 9.55 Å². The lowest BCUT2D eigenvalue weighted by atomic mass is 9.97. The molecule has 20 heavy (non-hydrogen) atoms. The standard InChI is InChI=1S/C15H27N3OS/c1-20-9-5-3-2-4-7-18-12-17-10-14(18)15(16)13-6-8-19-11-13/h10,12-13,15H,2-9,11,16H2,1H3. The second-order valence-electron chi connectivity index (χ2n) is 5.57. The number of aryl methyl sites for hydroxylation is 1. The van der Waals surface area contributed by atoms with Gasteiger partial charge < -0.3 is 15.0 Å². The number of nitrogens with zero attached hydrogens (tertiary/aromatic N) is 2. The van der Waals surface area contributed by atoms with E-state index in [1.54, 1.807) is 0 Å². The van der Waals surface area contributed by atoms with Crippen LogP contribution in [0, 0.1) is 5.92 Å². The van der Waals surface area contributed by atoms with Crippen LogP contribution in [-0.4, -0.2) is 34.8 Å². The summed E-state index contributed by atoms with van der Waals surface area (Å²) < 4.78 is 7.67. The molecule has 1 fully saturated rings. The van der Waals surface area contributed by atoms with Crippen LogP contribution in [0.5, 0.6) is 0 Å². The predicted octanol–water partition coefficient (Wildman–Crippen LogP) is 2.84. The van der Waals surface area contributed by atoms with Gasteiger partial charge in [0, 0.05) is 25.3 Å². The number of hydrogen-bond acceptors (Lipinski definition) is 4. The quantitative estimate of drug-likeness (QED) is 0.712. The molecular formula is C15H27N3OS. The number of ether oxygens (including phenoxy) is 1. The van der Waals surface area contributed by atoms with Crippen molar-refractivity contribution < 1.29 is 4.74 Å². The molecule has 2 rings (SSSR count). The second kappa shape index (κ2) is 8.70. The summed E-state index contributed by atoms with van der Waals surface area (Å²) in [6, 6.07) is 0.0662. The Bertz CT molecular complexity index is 377. The lowest BCUT2D eigenvalue weighted by Gasteiger charge is -2.19. The van der Waals surface area contributed by atoms with Crippen LogP contribution in [0.4, 0.5) is 0 Å². The summed E-state index contributed by atoms with van der Waals surface area (Å²) in [4.78, 5) is 4.28. The normalized spacial score (nSPS) is 20.4. The maximum Gasteiger partial charge on any atom is 0.0948 e. The largest absolute Gasteiger partial charge is 0.381 e. The molecule has 2 heterocycles. The van der Waals surface area contributed by atoms with E-state index in [-0.39, 0.29) is 6.04 Å². The molecule has 1 aliphatic rings. The van der Waals surface area contributed by atoms with Crippen LogP contribution in [-0.2, 0) is 11.3 Å². The molecule has 2 N–H and O–H groups in total. The van der Waals surface area contributed by atoms with Crippen molar-refractivity contribution in [2.45, 2.75) is 44.7 Å². The number of thioether (sulfide) groups is 1. The Kier molecular flexibility index (Phi) is 6.90. The summed E-state index contributed by atoms with van der Waals surface area (Å²) in [7, 11) is 0. The van der Waals surface area contributed by atoms with E-state index in [1.165, 1.54) is 37.1 Å². The molecule has 114 valence electrons. The molecule has 1 saturated heterocycles. The average Bonchev–Trinajstić information content (AvgIpc) is 3.12. The second-order valence-corrected chi connectivity index (χ2v) is 6.55. The van der Waals surface area contributed by atoms with Gasteiger partial charge in [0.15, 0.2) is 0 Å². The molecule has 0 aliphatic carbocycles. The summed E-state index contributed by atoms with van der Waals surface area (Å²) in [6.07, 6.45) is 12.3. The average molecular weight is 297 g/mol. The lowest BCUT2D eigenvalue weighted by Crippen LogP contribution is -2.24. The highest BCUT2D eigenvalue weighted by molar-refractivity contribution is 7.98. The van der Waals surface area contributed by atoms with Gasteiger partial charge in [-0.3, -0.25) is 0 Å². The third-order valence-corrected chi connectivity index (χ3v) is 4.75. The minimum absolute atomic E-state index is 0.0662. The van der Waals surface area contributed by atoms with Crippen molar-refractivity contribution in [3.05, 3.63) is 18.2 Å². The van der Waals surface area contributed by atoms with Crippen molar-refractivity contribution in [1.29, 1.82) is 0 Å². The Morgan fingerprint density at radius 1 is 1.45 bits per heavy atom. The van der Waals surface area contributed by atoms with Gasteiger partial charge in [-0.2, -0.15) is 11.8 Å². The molecule has 0 aromatic carbocycles. The molecule has 0 amide bonds. The Labute approximate surface area is 126 Å². The molecule has 4 nitrogen and oxygen atoms in total. The van der Waals surface area contributed by atoms with Crippen LogP contribution < -0.4 is 5.73 Å². The molecular weight excluding hydrogens is 270 g/mol. The van der Waals surface area contributed by atoms with E-state index in [4.69, 9.17) is 10.5 Å². The first-order valence-corrected chi connectivity index (χ1v) is 9.04. The Morgan fingerprint density at radius 2 is 2.30 bits per heavy atom. The van der Waals surface area contributed by atoms with E-state index >= 15 is 0 Å². The van der Waals surface area contributed by atoms with Crippen LogP contribution in [0.2, 0.25) is 0 Å². The van der Waals surface area contributed by atoms with Crippen molar-refractivity contribution >= 4 is 11.8 Å². The van der Waals surface area contributed by atoms with Crippen LogP contribution in [0.1, 0.15) is 43.8 Å². The van der Waals surface area contributed by atoms with E-state index < -0.39 is 0 Å². The number of aromatic nitrogens is 2. The highest BCUT2D eigenvalue weighted by Gasteiger charge is 2.26. The highest BCUT2D eigenvalue weighted by atomic mass is 32.2. The van der Waals surface area contributed by atoms with Crippen LogP contribution in [0.25, 0.3) is 0 Å². The predicted molar refractivity (Wildman–Crippen MR) is 84.9 cm³/mol. The lowest BCUT2D eigenvalue weighted by molar-refractivity contribution is 0.180. The van der Waals surface area contributed by atoms with Gasteiger partial charge in [-0.15, -0.1) is 0 Å². The third-order valence-electron chi connectivity index (χ3n) is 4.06. The molecule has 1 aliphatic heterocycles. The van der Waals surface area contributed by atoms with Gasteiger partial charge in [-0.05, 0) is 31.3 Å². The zero-order valence-corrected chi connectivity index (χ0v) is 13.3.